The number of fused-ring (bicyclic) bond motifs is 1. The highest BCUT2D eigenvalue weighted by atomic mass is 16.4. The molecule has 0 atom stereocenters. The highest BCUT2D eigenvalue weighted by Crippen LogP contribution is 2.35. The fourth-order valence-electron chi connectivity index (χ4n) is 0.981. The first-order chi connectivity index (χ1) is 4.79. The van der Waals surface area contributed by atoms with Crippen molar-refractivity contribution in [2.24, 2.45) is 0 Å². The maximum absolute atomic E-state index is 7.12. The highest BCUT2D eigenvalue weighted by molar-refractivity contribution is 6.13. The van der Waals surface area contributed by atoms with E-state index >= 15 is 0 Å². The summed E-state index contributed by atoms with van der Waals surface area (Å²) in [5.74, 6) is 0. The molecule has 52 valence electrons. The third-order valence-electron chi connectivity index (χ3n) is 1.54. The van der Waals surface area contributed by atoms with Crippen molar-refractivity contribution in [2.45, 2.75) is 6.92 Å². The topological polar surface area (TPSA) is 40.5 Å². The standard InChI is InChI=1S/C7H6.BH3O2/c1-5-4-6-2-3-7(5)6;2-1-3/h2-4H,1H3;1-3H. The van der Waals surface area contributed by atoms with Gasteiger partial charge in [-0.2, -0.15) is 0 Å². The zero-order chi connectivity index (χ0) is 7.56. The third-order valence-corrected chi connectivity index (χ3v) is 1.54. The monoisotopic (exact) mass is 136 g/mol. The number of benzene rings is 1. The molecule has 0 bridgehead atoms. The average Bonchev–Trinajstić information content (AvgIpc) is 1.84. The smallest absolute Gasteiger partial charge is 0.430 e. The Morgan fingerprint density at radius 1 is 1.30 bits per heavy atom. The van der Waals surface area contributed by atoms with Gasteiger partial charge in [-0.15, -0.1) is 0 Å². The van der Waals surface area contributed by atoms with Gasteiger partial charge in [0, 0.05) is 0 Å². The quantitative estimate of drug-likeness (QED) is 0.508. The molecule has 3 heteroatoms. The first-order valence-corrected chi connectivity index (χ1v) is 3.12. The summed E-state index contributed by atoms with van der Waals surface area (Å²) in [6.45, 7) is 2.14. The third kappa shape index (κ3) is 1.06. The number of hydrogen-bond donors (Lipinski definition) is 2. The Morgan fingerprint density at radius 2 is 1.90 bits per heavy atom. The van der Waals surface area contributed by atoms with Crippen molar-refractivity contribution < 1.29 is 10.0 Å². The second kappa shape index (κ2) is 2.86. The van der Waals surface area contributed by atoms with Gasteiger partial charge in [0.15, 0.2) is 0 Å². The molecule has 0 heterocycles. The zero-order valence-electron chi connectivity index (χ0n) is 5.83. The van der Waals surface area contributed by atoms with Crippen LogP contribution in [-0.2, 0) is 0 Å². The van der Waals surface area contributed by atoms with Crippen molar-refractivity contribution in [2.75, 3.05) is 0 Å². The molecule has 0 amide bonds. The fraction of sp³-hybridized carbons (Fsp3) is 0.143. The van der Waals surface area contributed by atoms with Crippen molar-refractivity contribution in [3.63, 3.8) is 0 Å². The summed E-state index contributed by atoms with van der Waals surface area (Å²) < 4.78 is 0. The molecule has 2 rings (SSSR count). The number of hydrogen-bond acceptors (Lipinski definition) is 2. The van der Waals surface area contributed by atoms with Crippen LogP contribution in [0.5, 0.6) is 0 Å². The molecule has 0 saturated heterocycles. The second-order valence-corrected chi connectivity index (χ2v) is 2.17. The summed E-state index contributed by atoms with van der Waals surface area (Å²) in [7, 11) is -0.750. The van der Waals surface area contributed by atoms with E-state index in [0.717, 1.165) is 0 Å². The molecule has 0 aromatic heterocycles. The summed E-state index contributed by atoms with van der Waals surface area (Å²) in [6, 6.07) is 6.50. The van der Waals surface area contributed by atoms with Crippen molar-refractivity contribution in [1.29, 1.82) is 0 Å². The van der Waals surface area contributed by atoms with Gasteiger partial charge in [-0.3, -0.25) is 0 Å². The van der Waals surface area contributed by atoms with E-state index < -0.39 is 7.69 Å². The molecule has 0 aromatic rings. The minimum Gasteiger partial charge on any atom is -0.430 e. The van der Waals surface area contributed by atoms with Crippen LogP contribution in [0.15, 0.2) is 18.2 Å². The van der Waals surface area contributed by atoms with Gasteiger partial charge in [0.25, 0.3) is 0 Å². The van der Waals surface area contributed by atoms with Gasteiger partial charge < -0.3 is 10.0 Å². The molecule has 0 spiro atoms. The lowest BCUT2D eigenvalue weighted by atomic mass is 9.88. The van der Waals surface area contributed by atoms with Gasteiger partial charge in [0.2, 0.25) is 0 Å². The van der Waals surface area contributed by atoms with Crippen LogP contribution < -0.4 is 0 Å². The second-order valence-electron chi connectivity index (χ2n) is 2.17. The summed E-state index contributed by atoms with van der Waals surface area (Å²) in [6.07, 6.45) is 0. The van der Waals surface area contributed by atoms with Crippen LogP contribution >= 0.6 is 0 Å². The van der Waals surface area contributed by atoms with Crippen molar-refractivity contribution in [3.8, 4) is 11.1 Å². The molecule has 0 aliphatic heterocycles. The van der Waals surface area contributed by atoms with E-state index in [0.29, 0.717) is 0 Å². The molecule has 0 saturated carbocycles. The summed E-state index contributed by atoms with van der Waals surface area (Å²) in [5, 5.41) is 14.2. The van der Waals surface area contributed by atoms with Crippen molar-refractivity contribution in [3.05, 3.63) is 23.8 Å². The molecule has 2 N–H and O–H groups in total. The van der Waals surface area contributed by atoms with Crippen molar-refractivity contribution in [1.82, 2.24) is 0 Å². The fourth-order valence-corrected chi connectivity index (χ4v) is 0.981. The number of aryl methyl sites for hydroxylation is 1. The van der Waals surface area contributed by atoms with Crippen LogP contribution in [0.4, 0.5) is 0 Å². The van der Waals surface area contributed by atoms with Gasteiger partial charge in [-0.25, -0.2) is 0 Å². The van der Waals surface area contributed by atoms with Crippen LogP contribution in [0.1, 0.15) is 5.56 Å². The molecular formula is C7H9BO2. The summed E-state index contributed by atoms with van der Waals surface area (Å²) >= 11 is 0. The van der Waals surface area contributed by atoms with Crippen LogP contribution in [0.3, 0.4) is 0 Å². The molecule has 2 aliphatic carbocycles. The van der Waals surface area contributed by atoms with E-state index in [4.69, 9.17) is 10.0 Å². The molecule has 0 unspecified atom stereocenters. The minimum absolute atomic E-state index is 0.750. The summed E-state index contributed by atoms with van der Waals surface area (Å²) in [4.78, 5) is 0. The molecular weight excluding hydrogens is 127 g/mol. The lowest BCUT2D eigenvalue weighted by Gasteiger charge is -2.17. The molecule has 0 aromatic carbocycles. The van der Waals surface area contributed by atoms with Crippen LogP contribution in [0, 0.1) is 6.92 Å². The van der Waals surface area contributed by atoms with Gasteiger partial charge in [-0.1, -0.05) is 18.2 Å². The van der Waals surface area contributed by atoms with E-state index in [1.807, 2.05) is 0 Å². The zero-order valence-corrected chi connectivity index (χ0v) is 5.83. The Hall–Kier alpha value is -0.795. The largest absolute Gasteiger partial charge is 0.432 e. The van der Waals surface area contributed by atoms with Gasteiger partial charge in [-0.05, 0) is 23.6 Å². The molecule has 0 radical (unpaired) electrons. The molecule has 2 aliphatic rings. The van der Waals surface area contributed by atoms with E-state index in [-0.39, 0.29) is 0 Å². The lowest BCUT2D eigenvalue weighted by Crippen LogP contribution is -1.93. The Morgan fingerprint density at radius 3 is 1.90 bits per heavy atom. The van der Waals surface area contributed by atoms with Crippen LogP contribution in [0.2, 0.25) is 0 Å². The average molecular weight is 136 g/mol. The van der Waals surface area contributed by atoms with E-state index in [1.54, 1.807) is 0 Å². The van der Waals surface area contributed by atoms with E-state index in [1.165, 1.54) is 16.7 Å². The van der Waals surface area contributed by atoms with Gasteiger partial charge in [0.1, 0.15) is 0 Å². The first kappa shape index (κ1) is 7.31. The maximum Gasteiger partial charge on any atom is 0.432 e. The van der Waals surface area contributed by atoms with Crippen molar-refractivity contribution >= 4 is 7.69 Å². The predicted octanol–water partition coefficient (Wildman–Crippen LogP) is 0.213. The van der Waals surface area contributed by atoms with Crippen LogP contribution in [0.25, 0.3) is 11.1 Å². The normalized spacial score (nSPS) is 9.50. The molecule has 10 heavy (non-hydrogen) atoms. The minimum atomic E-state index is -0.750. The Bertz CT molecular complexity index is 235. The van der Waals surface area contributed by atoms with Gasteiger partial charge >= 0.3 is 7.69 Å². The van der Waals surface area contributed by atoms with E-state index in [2.05, 4.69) is 25.1 Å². The summed E-state index contributed by atoms with van der Waals surface area (Å²) in [5.41, 5.74) is 4.36. The first-order valence-electron chi connectivity index (χ1n) is 3.12. The highest BCUT2D eigenvalue weighted by Gasteiger charge is 2.10. The lowest BCUT2D eigenvalue weighted by molar-refractivity contribution is 0.448. The predicted molar refractivity (Wildman–Crippen MR) is 41.8 cm³/mol. The maximum atomic E-state index is 7.12. The van der Waals surface area contributed by atoms with E-state index in [9.17, 15) is 0 Å². The van der Waals surface area contributed by atoms with Crippen LogP contribution in [-0.4, -0.2) is 17.7 Å². The SMILES string of the molecule is Cc1cc2ccc1-2.OBO. The molecule has 0 fully saturated rings. The Labute approximate surface area is 60.4 Å². The van der Waals surface area contributed by atoms with Gasteiger partial charge in [0.05, 0.1) is 0 Å². The molecule has 2 nitrogen and oxygen atoms in total. The Balaban J connectivity index is 0.000000148. The number of rotatable bonds is 0. The Kier molecular flexibility index (Phi) is 2.09.